The second-order valence-corrected chi connectivity index (χ2v) is 6.08. The molecule has 1 aromatic rings. The van der Waals surface area contributed by atoms with Crippen LogP contribution in [0.3, 0.4) is 0 Å². The van der Waals surface area contributed by atoms with E-state index in [1.807, 2.05) is 24.3 Å². The van der Waals surface area contributed by atoms with Crippen LogP contribution in [0.5, 0.6) is 5.75 Å². The molecule has 1 aliphatic rings. The molecule has 5 heteroatoms. The van der Waals surface area contributed by atoms with E-state index in [9.17, 15) is 5.11 Å². The fraction of sp³-hybridized carbons (Fsp3) is 0.562. The van der Waals surface area contributed by atoms with E-state index in [2.05, 4.69) is 11.9 Å². The van der Waals surface area contributed by atoms with E-state index < -0.39 is 0 Å². The Kier molecular flexibility index (Phi) is 5.96. The maximum atomic E-state index is 10.0. The minimum atomic E-state index is -0.200. The van der Waals surface area contributed by atoms with Crippen LogP contribution in [0, 0.1) is 0 Å². The van der Waals surface area contributed by atoms with Crippen molar-refractivity contribution in [2.24, 2.45) is 5.73 Å². The Hall–Kier alpha value is -1.17. The van der Waals surface area contributed by atoms with E-state index in [1.54, 1.807) is 0 Å². The van der Waals surface area contributed by atoms with Crippen LogP contribution in [0.25, 0.3) is 0 Å². The average molecular weight is 308 g/mol. The summed E-state index contributed by atoms with van der Waals surface area (Å²) in [6.07, 6.45) is 4.12. The summed E-state index contributed by atoms with van der Waals surface area (Å²) in [7, 11) is 2.05. The minimum absolute atomic E-state index is 0.200. The first-order valence-corrected chi connectivity index (χ1v) is 7.89. The molecule has 2 rings (SSSR count). The van der Waals surface area contributed by atoms with Crippen molar-refractivity contribution in [2.75, 3.05) is 20.2 Å². The van der Waals surface area contributed by atoms with Gasteiger partial charge in [-0.1, -0.05) is 25.1 Å². The van der Waals surface area contributed by atoms with E-state index in [4.69, 9.17) is 22.7 Å². The van der Waals surface area contributed by atoms with Gasteiger partial charge in [-0.25, -0.2) is 0 Å². The highest BCUT2D eigenvalue weighted by Crippen LogP contribution is 2.22. The number of nitrogens with zero attached hydrogens (tertiary/aromatic N) is 1. The summed E-state index contributed by atoms with van der Waals surface area (Å²) >= 11 is 4.92. The van der Waals surface area contributed by atoms with Crippen LogP contribution in [0.1, 0.15) is 31.2 Å². The fourth-order valence-electron chi connectivity index (χ4n) is 2.79. The molecule has 1 fully saturated rings. The van der Waals surface area contributed by atoms with Gasteiger partial charge in [0.25, 0.3) is 0 Å². The van der Waals surface area contributed by atoms with E-state index in [0.29, 0.717) is 11.6 Å². The number of benzene rings is 1. The van der Waals surface area contributed by atoms with Gasteiger partial charge in [0.15, 0.2) is 0 Å². The van der Waals surface area contributed by atoms with Gasteiger partial charge >= 0.3 is 0 Å². The molecule has 0 amide bonds. The number of hydrogen-bond donors (Lipinski definition) is 2. The zero-order chi connectivity index (χ0) is 15.2. The van der Waals surface area contributed by atoms with E-state index in [-0.39, 0.29) is 12.1 Å². The van der Waals surface area contributed by atoms with Crippen molar-refractivity contribution in [1.29, 1.82) is 0 Å². The van der Waals surface area contributed by atoms with Crippen molar-refractivity contribution < 1.29 is 9.84 Å². The van der Waals surface area contributed by atoms with Gasteiger partial charge in [0.05, 0.1) is 6.10 Å². The van der Waals surface area contributed by atoms with Crippen molar-refractivity contribution in [3.63, 3.8) is 0 Å². The summed E-state index contributed by atoms with van der Waals surface area (Å²) in [4.78, 5) is 2.60. The van der Waals surface area contributed by atoms with Crippen LogP contribution in [0.15, 0.2) is 24.3 Å². The van der Waals surface area contributed by atoms with E-state index in [1.165, 1.54) is 6.42 Å². The van der Waals surface area contributed by atoms with Crippen molar-refractivity contribution in [3.05, 3.63) is 29.8 Å². The average Bonchev–Trinajstić information content (AvgIpc) is 2.48. The van der Waals surface area contributed by atoms with Gasteiger partial charge in [-0.05, 0) is 44.2 Å². The number of nitrogens with two attached hydrogens (primary N) is 1. The van der Waals surface area contributed by atoms with Gasteiger partial charge in [-0.3, -0.25) is 4.90 Å². The maximum Gasteiger partial charge on any atom is 0.119 e. The number of ether oxygens (including phenoxy) is 1. The highest BCUT2D eigenvalue weighted by Gasteiger charge is 2.26. The third-order valence-corrected chi connectivity index (χ3v) is 4.35. The SMILES string of the molecule is CN(CCOc1ccc(C(N)=S)cc1)C1CCCCC1O. The molecule has 2 atom stereocenters. The lowest BCUT2D eigenvalue weighted by molar-refractivity contribution is 0.0272. The minimum Gasteiger partial charge on any atom is -0.492 e. The first-order valence-electron chi connectivity index (χ1n) is 7.49. The number of thiocarbonyl (C=S) groups is 1. The summed E-state index contributed by atoms with van der Waals surface area (Å²) in [5.41, 5.74) is 6.41. The molecule has 0 aliphatic heterocycles. The number of aliphatic hydroxyl groups excluding tert-OH is 1. The van der Waals surface area contributed by atoms with Crippen LogP contribution < -0.4 is 10.5 Å². The molecule has 3 N–H and O–H groups in total. The second kappa shape index (κ2) is 7.73. The molecule has 0 saturated heterocycles. The molecule has 0 spiro atoms. The molecule has 0 radical (unpaired) electrons. The third-order valence-electron chi connectivity index (χ3n) is 4.11. The molecule has 1 saturated carbocycles. The molecular weight excluding hydrogens is 284 g/mol. The lowest BCUT2D eigenvalue weighted by Crippen LogP contribution is -2.44. The van der Waals surface area contributed by atoms with Crippen molar-refractivity contribution in [1.82, 2.24) is 4.90 Å². The summed E-state index contributed by atoms with van der Waals surface area (Å²) < 4.78 is 5.73. The Labute approximate surface area is 131 Å². The van der Waals surface area contributed by atoms with Gasteiger partial charge in [0, 0.05) is 18.2 Å². The fourth-order valence-corrected chi connectivity index (χ4v) is 2.93. The highest BCUT2D eigenvalue weighted by atomic mass is 32.1. The van der Waals surface area contributed by atoms with E-state index >= 15 is 0 Å². The Morgan fingerprint density at radius 3 is 2.62 bits per heavy atom. The molecule has 1 aromatic carbocycles. The van der Waals surface area contributed by atoms with Gasteiger partial charge in [0.2, 0.25) is 0 Å². The smallest absolute Gasteiger partial charge is 0.119 e. The number of likely N-dealkylation sites (N-methyl/N-ethyl adjacent to an activating group) is 1. The first kappa shape index (κ1) is 16.2. The molecule has 116 valence electrons. The molecule has 4 nitrogen and oxygen atoms in total. The number of hydrogen-bond acceptors (Lipinski definition) is 4. The molecule has 0 bridgehead atoms. The highest BCUT2D eigenvalue weighted by molar-refractivity contribution is 7.80. The monoisotopic (exact) mass is 308 g/mol. The van der Waals surface area contributed by atoms with Crippen molar-refractivity contribution >= 4 is 17.2 Å². The Bertz CT molecular complexity index is 464. The Morgan fingerprint density at radius 2 is 2.00 bits per heavy atom. The zero-order valence-corrected chi connectivity index (χ0v) is 13.3. The zero-order valence-electron chi connectivity index (χ0n) is 12.5. The second-order valence-electron chi connectivity index (χ2n) is 5.64. The van der Waals surface area contributed by atoms with E-state index in [0.717, 1.165) is 37.1 Å². The number of aliphatic hydroxyl groups is 1. The van der Waals surface area contributed by atoms with Crippen molar-refractivity contribution in [2.45, 2.75) is 37.8 Å². The topological polar surface area (TPSA) is 58.7 Å². The van der Waals surface area contributed by atoms with Gasteiger partial charge in [0.1, 0.15) is 17.3 Å². The quantitative estimate of drug-likeness (QED) is 0.787. The van der Waals surface area contributed by atoms with Gasteiger partial charge in [-0.15, -0.1) is 0 Å². The number of rotatable bonds is 6. The lowest BCUT2D eigenvalue weighted by Gasteiger charge is -2.35. The third kappa shape index (κ3) is 4.66. The maximum absolute atomic E-state index is 10.0. The van der Waals surface area contributed by atoms with Crippen LogP contribution in [0.2, 0.25) is 0 Å². The Balaban J connectivity index is 1.76. The van der Waals surface area contributed by atoms with Crippen LogP contribution in [0.4, 0.5) is 0 Å². The molecular formula is C16H24N2O2S. The molecule has 0 heterocycles. The summed E-state index contributed by atoms with van der Waals surface area (Å²) in [5, 5.41) is 10.0. The lowest BCUT2D eigenvalue weighted by atomic mass is 9.92. The standard InChI is InChI=1S/C16H24N2O2S/c1-18(14-4-2-3-5-15(14)19)10-11-20-13-8-6-12(7-9-13)16(17)21/h6-9,14-15,19H,2-5,10-11H2,1H3,(H2,17,21). The van der Waals surface area contributed by atoms with Crippen LogP contribution in [-0.2, 0) is 0 Å². The molecule has 0 aromatic heterocycles. The molecule has 21 heavy (non-hydrogen) atoms. The molecule has 1 aliphatic carbocycles. The predicted molar refractivity (Wildman–Crippen MR) is 88.7 cm³/mol. The van der Waals surface area contributed by atoms with Crippen LogP contribution in [-0.4, -0.2) is 47.3 Å². The normalized spacial score (nSPS) is 22.2. The molecule has 2 unspecified atom stereocenters. The van der Waals surface area contributed by atoms with Gasteiger partial charge < -0.3 is 15.6 Å². The Morgan fingerprint density at radius 1 is 1.33 bits per heavy atom. The summed E-state index contributed by atoms with van der Waals surface area (Å²) in [5.74, 6) is 0.813. The van der Waals surface area contributed by atoms with Crippen molar-refractivity contribution in [3.8, 4) is 5.75 Å². The summed E-state index contributed by atoms with van der Waals surface area (Å²) in [6, 6.07) is 7.76. The summed E-state index contributed by atoms with van der Waals surface area (Å²) in [6.45, 7) is 1.41. The first-order chi connectivity index (χ1) is 10.1. The van der Waals surface area contributed by atoms with Crippen LogP contribution >= 0.6 is 12.2 Å². The van der Waals surface area contributed by atoms with Gasteiger partial charge in [-0.2, -0.15) is 0 Å². The predicted octanol–water partition coefficient (Wildman–Crippen LogP) is 1.93. The largest absolute Gasteiger partial charge is 0.492 e.